The van der Waals surface area contributed by atoms with E-state index in [0.29, 0.717) is 18.4 Å². The van der Waals surface area contributed by atoms with Crippen molar-refractivity contribution >= 4 is 21.6 Å². The highest BCUT2D eigenvalue weighted by Gasteiger charge is 2.40. The quantitative estimate of drug-likeness (QED) is 0.522. The molecule has 0 bridgehead atoms. The van der Waals surface area contributed by atoms with Crippen molar-refractivity contribution in [2.24, 2.45) is 17.6 Å². The summed E-state index contributed by atoms with van der Waals surface area (Å²) in [6.45, 7) is 1.29. The molecule has 0 aliphatic heterocycles. The molecule has 6 heteroatoms. The molecule has 2 fully saturated rings. The van der Waals surface area contributed by atoms with Gasteiger partial charge < -0.3 is 5.73 Å². The molecular weight excluding hydrogens is 320 g/mol. The number of nitrogens with two attached hydrogens (primary N) is 1. The molecule has 4 atom stereocenters. The molecule has 2 aliphatic rings. The predicted octanol–water partition coefficient (Wildman–Crippen LogP) is 3.00. The van der Waals surface area contributed by atoms with Gasteiger partial charge in [-0.25, -0.2) is 13.1 Å². The van der Waals surface area contributed by atoms with Gasteiger partial charge in [0.1, 0.15) is 0 Å². The fraction of sp³-hybridized carbons (Fsp3) is 1.00. The van der Waals surface area contributed by atoms with Gasteiger partial charge in [-0.05, 0) is 56.9 Å². The van der Waals surface area contributed by atoms with E-state index in [1.54, 1.807) is 0 Å². The minimum absolute atomic E-state index is 0.209. The Morgan fingerprint density at radius 3 is 2.59 bits per heavy atom. The highest BCUT2D eigenvalue weighted by molar-refractivity contribution is 7.90. The lowest BCUT2D eigenvalue weighted by molar-refractivity contribution is 0.177. The average molecular weight is 351 g/mol. The van der Waals surface area contributed by atoms with Crippen molar-refractivity contribution < 1.29 is 8.42 Å². The maximum absolute atomic E-state index is 12.5. The number of alkyl halides is 1. The first kappa shape index (κ1) is 18.5. The second kappa shape index (κ2) is 8.86. The molecule has 22 heavy (non-hydrogen) atoms. The van der Waals surface area contributed by atoms with Gasteiger partial charge in [-0.15, -0.1) is 11.6 Å². The van der Waals surface area contributed by atoms with Crippen LogP contribution in [0, 0.1) is 11.8 Å². The van der Waals surface area contributed by atoms with Crippen LogP contribution < -0.4 is 10.5 Å². The fourth-order valence-electron chi connectivity index (χ4n) is 4.08. The second-order valence-corrected chi connectivity index (χ2v) is 9.55. The van der Waals surface area contributed by atoms with Crippen LogP contribution >= 0.6 is 11.6 Å². The zero-order valence-corrected chi connectivity index (χ0v) is 15.0. The number of nitrogens with one attached hydrogen (secondary N) is 1. The Kier molecular flexibility index (Phi) is 7.45. The summed E-state index contributed by atoms with van der Waals surface area (Å²) in [5, 5.41) is 0.0534. The van der Waals surface area contributed by atoms with Crippen molar-refractivity contribution in [1.82, 2.24) is 4.72 Å². The molecule has 4 nitrogen and oxygen atoms in total. The molecule has 2 aliphatic carbocycles. The monoisotopic (exact) mass is 350 g/mol. The molecule has 4 unspecified atom stereocenters. The number of fused-ring (bicyclic) bond motifs is 1. The minimum Gasteiger partial charge on any atom is -0.330 e. The van der Waals surface area contributed by atoms with Crippen LogP contribution in [-0.4, -0.2) is 32.1 Å². The van der Waals surface area contributed by atoms with Gasteiger partial charge in [-0.2, -0.15) is 0 Å². The number of hydrogen-bond donors (Lipinski definition) is 2. The Balaban J connectivity index is 1.75. The predicted molar refractivity (Wildman–Crippen MR) is 92.6 cm³/mol. The van der Waals surface area contributed by atoms with Crippen molar-refractivity contribution in [1.29, 1.82) is 0 Å². The lowest BCUT2D eigenvalue weighted by Crippen LogP contribution is -2.43. The van der Waals surface area contributed by atoms with Crippen LogP contribution in [0.25, 0.3) is 0 Å². The van der Waals surface area contributed by atoms with Crippen molar-refractivity contribution in [2.75, 3.05) is 13.1 Å². The van der Waals surface area contributed by atoms with E-state index in [1.807, 2.05) is 0 Å². The van der Waals surface area contributed by atoms with Gasteiger partial charge in [-0.3, -0.25) is 0 Å². The Bertz CT molecular complexity index is 430. The van der Waals surface area contributed by atoms with Crippen LogP contribution in [0.3, 0.4) is 0 Å². The molecule has 0 aromatic carbocycles. The van der Waals surface area contributed by atoms with E-state index in [0.717, 1.165) is 70.8 Å². The van der Waals surface area contributed by atoms with Gasteiger partial charge in [0, 0.05) is 11.9 Å². The summed E-state index contributed by atoms with van der Waals surface area (Å²) < 4.78 is 27.8. The molecule has 2 saturated carbocycles. The van der Waals surface area contributed by atoms with Gasteiger partial charge in [-0.1, -0.05) is 25.7 Å². The second-order valence-electron chi connectivity index (χ2n) is 6.95. The van der Waals surface area contributed by atoms with Crippen LogP contribution in [0.5, 0.6) is 0 Å². The number of hydrogen-bond acceptors (Lipinski definition) is 3. The minimum atomic E-state index is -3.16. The number of halogens is 1. The van der Waals surface area contributed by atoms with Crippen molar-refractivity contribution in [2.45, 2.75) is 74.8 Å². The molecule has 0 radical (unpaired) electrons. The van der Waals surface area contributed by atoms with E-state index in [4.69, 9.17) is 17.3 Å². The van der Waals surface area contributed by atoms with E-state index in [-0.39, 0.29) is 10.6 Å². The van der Waals surface area contributed by atoms with Crippen LogP contribution in [0.4, 0.5) is 0 Å². The molecule has 0 aromatic rings. The van der Waals surface area contributed by atoms with Gasteiger partial charge in [0.15, 0.2) is 0 Å². The topological polar surface area (TPSA) is 72.2 Å². The van der Waals surface area contributed by atoms with Crippen LogP contribution in [0.1, 0.15) is 64.2 Å². The molecule has 2 rings (SSSR count). The zero-order chi connectivity index (χ0) is 16.0. The summed E-state index contributed by atoms with van der Waals surface area (Å²) in [6, 6.07) is 0. The molecule has 0 spiro atoms. The molecule has 0 saturated heterocycles. The van der Waals surface area contributed by atoms with E-state index in [1.165, 1.54) is 0 Å². The highest BCUT2D eigenvalue weighted by atomic mass is 35.5. The Hall–Kier alpha value is 0.160. The summed E-state index contributed by atoms with van der Waals surface area (Å²) in [4.78, 5) is 0. The zero-order valence-electron chi connectivity index (χ0n) is 13.5. The first-order valence-electron chi connectivity index (χ1n) is 8.87. The third-order valence-electron chi connectivity index (χ3n) is 5.39. The van der Waals surface area contributed by atoms with Gasteiger partial charge in [0.05, 0.1) is 5.25 Å². The van der Waals surface area contributed by atoms with Gasteiger partial charge in [0.2, 0.25) is 10.0 Å². The maximum atomic E-state index is 12.5. The van der Waals surface area contributed by atoms with Crippen molar-refractivity contribution in [3.63, 3.8) is 0 Å². The van der Waals surface area contributed by atoms with Gasteiger partial charge in [0.25, 0.3) is 0 Å². The Morgan fingerprint density at radius 1 is 1.05 bits per heavy atom. The largest absolute Gasteiger partial charge is 0.330 e. The number of rotatable bonds is 8. The van der Waals surface area contributed by atoms with E-state index in [2.05, 4.69) is 4.72 Å². The third kappa shape index (κ3) is 5.08. The van der Waals surface area contributed by atoms with Crippen LogP contribution in [0.2, 0.25) is 0 Å². The normalized spacial score (nSPS) is 32.6. The fourth-order valence-corrected chi connectivity index (χ4v) is 6.18. The molecule has 0 aromatic heterocycles. The van der Waals surface area contributed by atoms with Crippen LogP contribution in [0.15, 0.2) is 0 Å². The first-order chi connectivity index (χ1) is 10.5. The summed E-state index contributed by atoms with van der Waals surface area (Å²) in [7, 11) is -3.16. The molecular formula is C16H31ClN2O2S. The Morgan fingerprint density at radius 2 is 1.82 bits per heavy atom. The number of unbranched alkanes of at least 4 members (excludes halogenated alkanes) is 3. The summed E-state index contributed by atoms with van der Waals surface area (Å²) in [5.41, 5.74) is 5.45. The Labute approximate surface area is 140 Å². The van der Waals surface area contributed by atoms with Crippen molar-refractivity contribution in [3.05, 3.63) is 0 Å². The SMILES string of the molecule is NCCCCCCNS(=O)(=O)C1CCC2C(Cl)CCCC2C1. The van der Waals surface area contributed by atoms with Crippen molar-refractivity contribution in [3.8, 4) is 0 Å². The standard InChI is InChI=1S/C16H31ClN2O2S/c17-16-7-5-6-13-12-14(8-9-15(13)16)22(20,21)19-11-4-2-1-3-10-18/h13-16,19H,1-12,18H2. The average Bonchev–Trinajstić information content (AvgIpc) is 2.50. The smallest absolute Gasteiger partial charge is 0.214 e. The van der Waals surface area contributed by atoms with E-state index >= 15 is 0 Å². The summed E-state index contributed by atoms with van der Waals surface area (Å²) in [6.07, 6.45) is 10.0. The molecule has 130 valence electrons. The first-order valence-corrected chi connectivity index (χ1v) is 10.9. The van der Waals surface area contributed by atoms with E-state index in [9.17, 15) is 8.42 Å². The third-order valence-corrected chi connectivity index (χ3v) is 7.84. The summed E-state index contributed by atoms with van der Waals surface area (Å²) in [5.74, 6) is 1.05. The number of sulfonamides is 1. The molecule has 0 heterocycles. The lowest BCUT2D eigenvalue weighted by Gasteiger charge is -2.41. The molecule has 0 amide bonds. The molecule has 3 N–H and O–H groups in total. The maximum Gasteiger partial charge on any atom is 0.214 e. The van der Waals surface area contributed by atoms with Gasteiger partial charge >= 0.3 is 0 Å². The highest BCUT2D eigenvalue weighted by Crippen LogP contribution is 2.44. The summed E-state index contributed by atoms with van der Waals surface area (Å²) >= 11 is 6.42. The van der Waals surface area contributed by atoms with E-state index < -0.39 is 10.0 Å². The van der Waals surface area contributed by atoms with Crippen LogP contribution in [-0.2, 0) is 10.0 Å². The lowest BCUT2D eigenvalue weighted by atomic mass is 9.70.